The molecular formula is C12H11FN2O4. The van der Waals surface area contributed by atoms with E-state index in [1.54, 1.807) is 0 Å². The minimum absolute atomic E-state index is 0.135. The summed E-state index contributed by atoms with van der Waals surface area (Å²) in [6.07, 6.45) is 0. The number of carbonyl (C=O) groups excluding carboxylic acids is 2. The standard InChI is InChI=1S/C12H11FN2O4/c1-12(6-15(18)19)10(16)9-7(13)4-3-5-8(9)14(2)11(12)17/h3-5H,6H2,1-2H3/t12-/m1/s1. The Morgan fingerprint density at radius 3 is 2.63 bits per heavy atom. The summed E-state index contributed by atoms with van der Waals surface area (Å²) in [5, 5.41) is 10.7. The zero-order valence-corrected chi connectivity index (χ0v) is 10.3. The van der Waals surface area contributed by atoms with E-state index in [1.807, 2.05) is 0 Å². The van der Waals surface area contributed by atoms with Crippen molar-refractivity contribution in [1.29, 1.82) is 0 Å². The quantitative estimate of drug-likeness (QED) is 0.458. The van der Waals surface area contributed by atoms with Crippen LogP contribution in [0.2, 0.25) is 0 Å². The van der Waals surface area contributed by atoms with Gasteiger partial charge < -0.3 is 4.90 Å². The molecule has 0 aliphatic carbocycles. The molecule has 1 aromatic rings. The van der Waals surface area contributed by atoms with Crippen LogP contribution in [0.3, 0.4) is 0 Å². The molecule has 0 fully saturated rings. The fourth-order valence-corrected chi connectivity index (χ4v) is 2.27. The van der Waals surface area contributed by atoms with Crippen molar-refractivity contribution in [3.8, 4) is 0 Å². The van der Waals surface area contributed by atoms with Crippen molar-refractivity contribution in [2.24, 2.45) is 5.41 Å². The predicted octanol–water partition coefficient (Wildman–Crippen LogP) is 1.27. The molecule has 0 spiro atoms. The predicted molar refractivity (Wildman–Crippen MR) is 64.1 cm³/mol. The molecule has 0 saturated heterocycles. The monoisotopic (exact) mass is 266 g/mol. The van der Waals surface area contributed by atoms with Crippen molar-refractivity contribution >= 4 is 17.4 Å². The molecule has 1 aromatic carbocycles. The number of halogens is 1. The molecule has 1 heterocycles. The fraction of sp³-hybridized carbons (Fsp3) is 0.333. The second-order valence-corrected chi connectivity index (χ2v) is 4.65. The van der Waals surface area contributed by atoms with Gasteiger partial charge in [0, 0.05) is 12.0 Å². The van der Waals surface area contributed by atoms with Gasteiger partial charge in [0.1, 0.15) is 5.82 Å². The van der Waals surface area contributed by atoms with Gasteiger partial charge in [0.05, 0.1) is 11.3 Å². The number of Topliss-reactive ketones (excluding diaryl/α,β-unsaturated/α-hetero) is 1. The highest BCUT2D eigenvalue weighted by Crippen LogP contribution is 2.38. The molecule has 0 N–H and O–H groups in total. The molecule has 0 radical (unpaired) electrons. The van der Waals surface area contributed by atoms with E-state index >= 15 is 0 Å². The van der Waals surface area contributed by atoms with Gasteiger partial charge in [0.15, 0.2) is 11.2 Å². The first-order valence-corrected chi connectivity index (χ1v) is 5.52. The first-order valence-electron chi connectivity index (χ1n) is 5.52. The highest BCUT2D eigenvalue weighted by molar-refractivity contribution is 6.24. The summed E-state index contributed by atoms with van der Waals surface area (Å²) in [5.74, 6) is -2.33. The van der Waals surface area contributed by atoms with Gasteiger partial charge in [-0.3, -0.25) is 19.7 Å². The maximum Gasteiger partial charge on any atom is 0.247 e. The molecule has 1 aliphatic rings. The van der Waals surface area contributed by atoms with Crippen LogP contribution in [0.5, 0.6) is 0 Å². The third kappa shape index (κ3) is 1.78. The van der Waals surface area contributed by atoms with E-state index in [0.717, 1.165) is 11.0 Å². The molecule has 19 heavy (non-hydrogen) atoms. The van der Waals surface area contributed by atoms with E-state index < -0.39 is 34.4 Å². The first-order chi connectivity index (χ1) is 8.79. The van der Waals surface area contributed by atoms with E-state index in [9.17, 15) is 24.1 Å². The Kier molecular flexibility index (Phi) is 2.84. The summed E-state index contributed by atoms with van der Waals surface area (Å²) >= 11 is 0. The topological polar surface area (TPSA) is 80.5 Å². The number of hydrogen-bond acceptors (Lipinski definition) is 4. The lowest BCUT2D eigenvalue weighted by Gasteiger charge is -2.35. The Bertz CT molecular complexity index is 601. The summed E-state index contributed by atoms with van der Waals surface area (Å²) in [5.41, 5.74) is -2.00. The molecule has 1 amide bonds. The van der Waals surface area contributed by atoms with Gasteiger partial charge in [-0.2, -0.15) is 0 Å². The molecule has 6 nitrogen and oxygen atoms in total. The van der Waals surface area contributed by atoms with Crippen molar-refractivity contribution in [3.63, 3.8) is 0 Å². The van der Waals surface area contributed by atoms with E-state index in [1.165, 1.54) is 26.1 Å². The van der Waals surface area contributed by atoms with Gasteiger partial charge in [-0.1, -0.05) is 6.07 Å². The molecule has 2 rings (SSSR count). The molecule has 1 aliphatic heterocycles. The fourth-order valence-electron chi connectivity index (χ4n) is 2.27. The average molecular weight is 266 g/mol. The number of rotatable bonds is 2. The Labute approximate surface area is 108 Å². The van der Waals surface area contributed by atoms with Crippen LogP contribution in [0.15, 0.2) is 18.2 Å². The molecule has 0 unspecified atom stereocenters. The van der Waals surface area contributed by atoms with Crippen molar-refractivity contribution in [2.45, 2.75) is 6.92 Å². The molecular weight excluding hydrogens is 255 g/mol. The molecule has 1 atom stereocenters. The van der Waals surface area contributed by atoms with Gasteiger partial charge in [0.25, 0.3) is 0 Å². The lowest BCUT2D eigenvalue weighted by atomic mass is 9.77. The lowest BCUT2D eigenvalue weighted by Crippen LogP contribution is -2.53. The van der Waals surface area contributed by atoms with E-state index in [0.29, 0.717) is 0 Å². The zero-order chi connectivity index (χ0) is 14.4. The van der Waals surface area contributed by atoms with E-state index in [2.05, 4.69) is 0 Å². The first kappa shape index (κ1) is 13.1. The van der Waals surface area contributed by atoms with Crippen LogP contribution >= 0.6 is 0 Å². The minimum atomic E-state index is -1.87. The molecule has 100 valence electrons. The van der Waals surface area contributed by atoms with Crippen LogP contribution in [0.1, 0.15) is 17.3 Å². The number of nitro groups is 1. The van der Waals surface area contributed by atoms with Gasteiger partial charge >= 0.3 is 0 Å². The molecule has 7 heteroatoms. The number of ketones is 1. The summed E-state index contributed by atoms with van der Waals surface area (Å²) in [7, 11) is 1.37. The Morgan fingerprint density at radius 2 is 2.05 bits per heavy atom. The van der Waals surface area contributed by atoms with Crippen molar-refractivity contribution in [3.05, 3.63) is 39.7 Å². The third-order valence-electron chi connectivity index (χ3n) is 3.30. The van der Waals surface area contributed by atoms with Gasteiger partial charge in [-0.15, -0.1) is 0 Å². The highest BCUT2D eigenvalue weighted by Gasteiger charge is 2.53. The zero-order valence-electron chi connectivity index (χ0n) is 10.3. The minimum Gasteiger partial charge on any atom is -0.314 e. The largest absolute Gasteiger partial charge is 0.314 e. The van der Waals surface area contributed by atoms with E-state index in [4.69, 9.17) is 0 Å². The number of carbonyl (C=O) groups is 2. The maximum atomic E-state index is 13.8. The number of nitrogens with zero attached hydrogens (tertiary/aromatic N) is 2. The number of amides is 1. The maximum absolute atomic E-state index is 13.8. The lowest BCUT2D eigenvalue weighted by molar-refractivity contribution is -0.489. The number of benzene rings is 1. The number of fused-ring (bicyclic) bond motifs is 1. The average Bonchev–Trinajstić information content (AvgIpc) is 2.33. The second-order valence-electron chi connectivity index (χ2n) is 4.65. The summed E-state index contributed by atoms with van der Waals surface area (Å²) < 4.78 is 13.8. The van der Waals surface area contributed by atoms with E-state index in [-0.39, 0.29) is 11.3 Å². The second kappa shape index (κ2) is 4.11. The Balaban J connectivity index is 2.66. The van der Waals surface area contributed by atoms with Crippen molar-refractivity contribution in [1.82, 2.24) is 0 Å². The number of anilines is 1. The Morgan fingerprint density at radius 1 is 1.42 bits per heavy atom. The van der Waals surface area contributed by atoms with Crippen molar-refractivity contribution in [2.75, 3.05) is 18.5 Å². The molecule has 0 aromatic heterocycles. The normalized spacial score (nSPS) is 22.4. The SMILES string of the molecule is CN1C(=O)[C@](C)(C[N+](=O)[O-])C(=O)c2c(F)cccc21. The van der Waals surface area contributed by atoms with Crippen molar-refractivity contribution < 1.29 is 18.9 Å². The third-order valence-corrected chi connectivity index (χ3v) is 3.30. The molecule has 0 bridgehead atoms. The van der Waals surface area contributed by atoms with Crippen LogP contribution in [0.4, 0.5) is 10.1 Å². The smallest absolute Gasteiger partial charge is 0.247 e. The summed E-state index contributed by atoms with van der Waals surface area (Å²) in [4.78, 5) is 35.4. The highest BCUT2D eigenvalue weighted by atomic mass is 19.1. The Hall–Kier alpha value is -2.31. The van der Waals surface area contributed by atoms with Crippen LogP contribution in [0, 0.1) is 21.3 Å². The molecule has 0 saturated carbocycles. The van der Waals surface area contributed by atoms with Gasteiger partial charge in [-0.25, -0.2) is 4.39 Å². The van der Waals surface area contributed by atoms with Gasteiger partial charge in [-0.05, 0) is 19.1 Å². The van der Waals surface area contributed by atoms with Gasteiger partial charge in [0.2, 0.25) is 12.5 Å². The van der Waals surface area contributed by atoms with Crippen LogP contribution < -0.4 is 4.90 Å². The number of hydrogen-bond donors (Lipinski definition) is 0. The van der Waals surface area contributed by atoms with Crippen LogP contribution in [-0.2, 0) is 4.79 Å². The van der Waals surface area contributed by atoms with Crippen LogP contribution in [-0.4, -0.2) is 30.2 Å². The summed E-state index contributed by atoms with van der Waals surface area (Å²) in [6, 6.07) is 3.90. The summed E-state index contributed by atoms with van der Waals surface area (Å²) in [6.45, 7) is 0.315. The van der Waals surface area contributed by atoms with Crippen LogP contribution in [0.25, 0.3) is 0 Å².